The zero-order valence-electron chi connectivity index (χ0n) is 10.5. The normalized spacial score (nSPS) is 9.59. The Kier molecular flexibility index (Phi) is 3.30. The summed E-state index contributed by atoms with van der Waals surface area (Å²) in [6.07, 6.45) is 0. The minimum absolute atomic E-state index is 1.08. The molecule has 0 saturated carbocycles. The van der Waals surface area contributed by atoms with Gasteiger partial charge in [0, 0.05) is 11.1 Å². The van der Waals surface area contributed by atoms with Gasteiger partial charge in [-0.05, 0) is 55.7 Å². The van der Waals surface area contributed by atoms with E-state index in [9.17, 15) is 0 Å². The molecule has 0 nitrogen and oxygen atoms in total. The Hall–Kier alpha value is -2.00. The molecule has 0 amide bonds. The van der Waals surface area contributed by atoms with Crippen molar-refractivity contribution in [3.05, 3.63) is 70.3 Å². The van der Waals surface area contributed by atoms with Gasteiger partial charge in [0.05, 0.1) is 0 Å². The first-order valence-electron chi connectivity index (χ1n) is 5.82. The number of hydrogen-bond donors (Lipinski definition) is 0. The summed E-state index contributed by atoms with van der Waals surface area (Å²) in [4.78, 5) is 0. The molecule has 0 aliphatic heterocycles. The SMILES string of the molecule is Cc1ccc(C#Cc2ccccc2C)cc1C. The van der Waals surface area contributed by atoms with Gasteiger partial charge in [0.25, 0.3) is 0 Å². The van der Waals surface area contributed by atoms with Crippen molar-refractivity contribution in [1.82, 2.24) is 0 Å². The van der Waals surface area contributed by atoms with Crippen LogP contribution in [0, 0.1) is 32.6 Å². The minimum atomic E-state index is 1.08. The van der Waals surface area contributed by atoms with Gasteiger partial charge in [-0.15, -0.1) is 0 Å². The first-order chi connectivity index (χ1) is 8.16. The van der Waals surface area contributed by atoms with Crippen molar-refractivity contribution in [3.8, 4) is 11.8 Å². The second-order valence-electron chi connectivity index (χ2n) is 4.36. The molecule has 0 saturated heterocycles. The molecule has 2 aromatic carbocycles. The zero-order valence-corrected chi connectivity index (χ0v) is 10.5. The highest BCUT2D eigenvalue weighted by Crippen LogP contribution is 2.09. The van der Waals surface area contributed by atoms with Gasteiger partial charge in [-0.3, -0.25) is 0 Å². The molecule has 0 aromatic heterocycles. The predicted molar refractivity (Wildman–Crippen MR) is 73.1 cm³/mol. The first-order valence-corrected chi connectivity index (χ1v) is 5.82. The molecule has 17 heavy (non-hydrogen) atoms. The fourth-order valence-electron chi connectivity index (χ4n) is 1.67. The van der Waals surface area contributed by atoms with Crippen molar-refractivity contribution in [2.45, 2.75) is 20.8 Å². The third-order valence-electron chi connectivity index (χ3n) is 2.99. The highest BCUT2D eigenvalue weighted by atomic mass is 14.0. The molecule has 0 atom stereocenters. The Morgan fingerprint density at radius 2 is 1.47 bits per heavy atom. The summed E-state index contributed by atoms with van der Waals surface area (Å²) >= 11 is 0. The van der Waals surface area contributed by atoms with Crippen LogP contribution in [-0.2, 0) is 0 Å². The molecule has 0 spiro atoms. The van der Waals surface area contributed by atoms with E-state index in [4.69, 9.17) is 0 Å². The van der Waals surface area contributed by atoms with E-state index in [1.807, 2.05) is 12.1 Å². The van der Waals surface area contributed by atoms with Crippen molar-refractivity contribution < 1.29 is 0 Å². The van der Waals surface area contributed by atoms with Crippen molar-refractivity contribution in [2.75, 3.05) is 0 Å². The van der Waals surface area contributed by atoms with Gasteiger partial charge in [0.1, 0.15) is 0 Å². The van der Waals surface area contributed by atoms with E-state index in [-0.39, 0.29) is 0 Å². The van der Waals surface area contributed by atoms with Crippen molar-refractivity contribution >= 4 is 0 Å². The molecule has 0 fully saturated rings. The lowest BCUT2D eigenvalue weighted by molar-refractivity contribution is 1.33. The van der Waals surface area contributed by atoms with Gasteiger partial charge in [-0.1, -0.05) is 36.1 Å². The summed E-state index contributed by atoms with van der Waals surface area (Å²) in [5.74, 6) is 6.45. The molecular weight excluding hydrogens is 204 g/mol. The average molecular weight is 220 g/mol. The smallest absolute Gasteiger partial charge is 0.0278 e. The monoisotopic (exact) mass is 220 g/mol. The molecule has 0 aliphatic rings. The molecule has 0 radical (unpaired) electrons. The fourth-order valence-corrected chi connectivity index (χ4v) is 1.67. The van der Waals surface area contributed by atoms with Crippen LogP contribution < -0.4 is 0 Å². The molecule has 0 N–H and O–H groups in total. The lowest BCUT2D eigenvalue weighted by Crippen LogP contribution is -1.83. The molecule has 0 unspecified atom stereocenters. The molecule has 0 heteroatoms. The lowest BCUT2D eigenvalue weighted by atomic mass is 10.1. The topological polar surface area (TPSA) is 0 Å². The van der Waals surface area contributed by atoms with Crippen LogP contribution in [0.25, 0.3) is 0 Å². The van der Waals surface area contributed by atoms with E-state index in [0.29, 0.717) is 0 Å². The van der Waals surface area contributed by atoms with Gasteiger partial charge in [0.15, 0.2) is 0 Å². The number of aryl methyl sites for hydroxylation is 3. The van der Waals surface area contributed by atoms with E-state index in [0.717, 1.165) is 11.1 Å². The Morgan fingerprint density at radius 1 is 0.706 bits per heavy atom. The molecule has 0 aliphatic carbocycles. The maximum atomic E-state index is 3.23. The number of hydrogen-bond acceptors (Lipinski definition) is 0. The van der Waals surface area contributed by atoms with E-state index < -0.39 is 0 Å². The standard InChI is InChI=1S/C17H16/c1-13-8-9-16(12-15(13)3)10-11-17-7-5-4-6-14(17)2/h4-9,12H,1-3H3. The van der Waals surface area contributed by atoms with E-state index in [1.54, 1.807) is 0 Å². The Bertz CT molecular complexity index is 595. The predicted octanol–water partition coefficient (Wildman–Crippen LogP) is 4.01. The highest BCUT2D eigenvalue weighted by Gasteiger charge is 1.94. The summed E-state index contributed by atoms with van der Waals surface area (Å²) < 4.78 is 0. The summed E-state index contributed by atoms with van der Waals surface area (Å²) in [6, 6.07) is 14.5. The van der Waals surface area contributed by atoms with Gasteiger partial charge in [0.2, 0.25) is 0 Å². The molecule has 2 rings (SSSR count). The first kappa shape index (κ1) is 11.5. The van der Waals surface area contributed by atoms with E-state index in [2.05, 4.69) is 62.9 Å². The van der Waals surface area contributed by atoms with Crippen LogP contribution in [0.3, 0.4) is 0 Å². The Morgan fingerprint density at radius 3 is 2.18 bits per heavy atom. The highest BCUT2D eigenvalue weighted by molar-refractivity contribution is 5.47. The van der Waals surface area contributed by atoms with Gasteiger partial charge in [-0.25, -0.2) is 0 Å². The van der Waals surface area contributed by atoms with Crippen LogP contribution in [0.5, 0.6) is 0 Å². The fraction of sp³-hybridized carbons (Fsp3) is 0.176. The van der Waals surface area contributed by atoms with Crippen molar-refractivity contribution in [3.63, 3.8) is 0 Å². The lowest BCUT2D eigenvalue weighted by Gasteiger charge is -1.99. The van der Waals surface area contributed by atoms with Crippen LogP contribution in [0.2, 0.25) is 0 Å². The molecular formula is C17H16. The van der Waals surface area contributed by atoms with E-state index in [1.165, 1.54) is 16.7 Å². The maximum Gasteiger partial charge on any atom is 0.0278 e. The van der Waals surface area contributed by atoms with Crippen LogP contribution >= 0.6 is 0 Å². The van der Waals surface area contributed by atoms with Gasteiger partial charge in [-0.2, -0.15) is 0 Å². The second-order valence-corrected chi connectivity index (χ2v) is 4.36. The van der Waals surface area contributed by atoms with Crippen LogP contribution in [0.1, 0.15) is 27.8 Å². The molecule has 0 heterocycles. The molecule has 0 bridgehead atoms. The van der Waals surface area contributed by atoms with Crippen molar-refractivity contribution in [2.24, 2.45) is 0 Å². The van der Waals surface area contributed by atoms with Gasteiger partial charge < -0.3 is 0 Å². The quantitative estimate of drug-likeness (QED) is 0.588. The van der Waals surface area contributed by atoms with Crippen molar-refractivity contribution in [1.29, 1.82) is 0 Å². The second kappa shape index (κ2) is 4.89. The average Bonchev–Trinajstić information content (AvgIpc) is 2.32. The summed E-state index contributed by atoms with van der Waals surface area (Å²) in [7, 11) is 0. The van der Waals surface area contributed by atoms with E-state index >= 15 is 0 Å². The number of rotatable bonds is 0. The summed E-state index contributed by atoms with van der Waals surface area (Å²) in [6.45, 7) is 6.33. The van der Waals surface area contributed by atoms with Crippen LogP contribution in [-0.4, -0.2) is 0 Å². The summed E-state index contributed by atoms with van der Waals surface area (Å²) in [5.41, 5.74) is 6.01. The van der Waals surface area contributed by atoms with Crippen LogP contribution in [0.15, 0.2) is 42.5 Å². The minimum Gasteiger partial charge on any atom is -0.0619 e. The Balaban J connectivity index is 2.33. The maximum absolute atomic E-state index is 3.23. The number of benzene rings is 2. The Labute approximate surface area is 103 Å². The third kappa shape index (κ3) is 2.77. The zero-order chi connectivity index (χ0) is 12.3. The van der Waals surface area contributed by atoms with Gasteiger partial charge >= 0.3 is 0 Å². The molecule has 84 valence electrons. The largest absolute Gasteiger partial charge is 0.0619 e. The third-order valence-corrected chi connectivity index (χ3v) is 2.99. The molecule has 2 aromatic rings. The summed E-state index contributed by atoms with van der Waals surface area (Å²) in [5, 5.41) is 0. The van der Waals surface area contributed by atoms with Crippen LogP contribution in [0.4, 0.5) is 0 Å².